The molecule has 0 radical (unpaired) electrons. The molecule has 0 aliphatic heterocycles. The average molecular weight is 205 g/mol. The molecule has 0 N–H and O–H groups in total. The van der Waals surface area contributed by atoms with Crippen LogP contribution in [0.25, 0.3) is 10.8 Å². The van der Waals surface area contributed by atoms with Gasteiger partial charge in [0, 0.05) is 4.90 Å². The van der Waals surface area contributed by atoms with Crippen LogP contribution in [-0.4, -0.2) is 8.76 Å². The third-order valence-electron chi connectivity index (χ3n) is 2.28. The van der Waals surface area contributed by atoms with Crippen LogP contribution in [0.4, 0.5) is 0 Å². The molecule has 72 valence electrons. The van der Waals surface area contributed by atoms with Crippen LogP contribution in [-0.2, 0) is 11.1 Å². The highest BCUT2D eigenvalue weighted by Gasteiger charge is 2.01. The summed E-state index contributed by atoms with van der Waals surface area (Å²) in [6.45, 7) is 1.97. The molecule has 2 aromatic rings. The first-order valence-corrected chi connectivity index (χ1v) is 5.35. The van der Waals surface area contributed by atoms with Gasteiger partial charge >= 0.3 is 0 Å². The standard InChI is InChI=1S/C11H10O2S/c1-8-4-2-6-10-9(8)5-3-7-11(10)14(12)13/h2-7H,1H3,(H,12,13)/p-1. The number of hydrogen-bond acceptors (Lipinski definition) is 2. The Morgan fingerprint density at radius 1 is 1.07 bits per heavy atom. The highest BCUT2D eigenvalue weighted by molar-refractivity contribution is 7.79. The summed E-state index contributed by atoms with van der Waals surface area (Å²) in [7, 11) is 0. The van der Waals surface area contributed by atoms with Crippen molar-refractivity contribution in [3.8, 4) is 0 Å². The second-order valence-corrected chi connectivity index (χ2v) is 4.07. The predicted octanol–water partition coefficient (Wildman–Crippen LogP) is 2.39. The normalized spacial score (nSPS) is 13.0. The van der Waals surface area contributed by atoms with E-state index in [4.69, 9.17) is 0 Å². The monoisotopic (exact) mass is 205 g/mol. The van der Waals surface area contributed by atoms with E-state index in [1.165, 1.54) is 0 Å². The first kappa shape index (κ1) is 9.37. The maximum atomic E-state index is 10.9. The van der Waals surface area contributed by atoms with Gasteiger partial charge in [-0.2, -0.15) is 0 Å². The summed E-state index contributed by atoms with van der Waals surface area (Å²) in [5.74, 6) is 0. The van der Waals surface area contributed by atoms with Crippen LogP contribution < -0.4 is 0 Å². The van der Waals surface area contributed by atoms with Gasteiger partial charge in [-0.25, -0.2) is 0 Å². The SMILES string of the molecule is Cc1cccc2c(S(=O)[O-])cccc12. The number of rotatable bonds is 1. The Morgan fingerprint density at radius 2 is 1.71 bits per heavy atom. The minimum Gasteiger partial charge on any atom is -0.768 e. The molecule has 2 nitrogen and oxygen atoms in total. The van der Waals surface area contributed by atoms with Gasteiger partial charge in [0.05, 0.1) is 0 Å². The van der Waals surface area contributed by atoms with E-state index in [1.807, 2.05) is 31.2 Å². The predicted molar refractivity (Wildman–Crippen MR) is 55.9 cm³/mol. The average Bonchev–Trinajstić information content (AvgIpc) is 2.17. The van der Waals surface area contributed by atoms with E-state index in [9.17, 15) is 8.76 Å². The van der Waals surface area contributed by atoms with Gasteiger partial charge < -0.3 is 4.55 Å². The number of fused-ring (bicyclic) bond motifs is 1. The Hall–Kier alpha value is -1.19. The topological polar surface area (TPSA) is 40.1 Å². The first-order valence-electron chi connectivity index (χ1n) is 4.28. The smallest absolute Gasteiger partial charge is 0.0327 e. The third-order valence-corrected chi connectivity index (χ3v) is 2.99. The minimum absolute atomic E-state index is 0.367. The van der Waals surface area contributed by atoms with E-state index >= 15 is 0 Å². The van der Waals surface area contributed by atoms with Crippen LogP contribution in [0.2, 0.25) is 0 Å². The minimum atomic E-state index is -2.16. The second kappa shape index (κ2) is 3.52. The summed E-state index contributed by atoms with van der Waals surface area (Å²) < 4.78 is 21.9. The zero-order chi connectivity index (χ0) is 10.1. The molecule has 0 aromatic heterocycles. The van der Waals surface area contributed by atoms with Gasteiger partial charge in [-0.3, -0.25) is 4.21 Å². The summed E-state index contributed by atoms with van der Waals surface area (Å²) in [5.41, 5.74) is 1.09. The fourth-order valence-electron chi connectivity index (χ4n) is 1.58. The fourth-order valence-corrected chi connectivity index (χ4v) is 2.13. The molecular formula is C11H9O2S-. The van der Waals surface area contributed by atoms with Crippen LogP contribution in [0.5, 0.6) is 0 Å². The molecule has 0 bridgehead atoms. The fraction of sp³-hybridized carbons (Fsp3) is 0.0909. The van der Waals surface area contributed by atoms with Crippen molar-refractivity contribution in [3.63, 3.8) is 0 Å². The van der Waals surface area contributed by atoms with Crippen LogP contribution in [0, 0.1) is 6.92 Å². The maximum absolute atomic E-state index is 10.9. The van der Waals surface area contributed by atoms with Crippen molar-refractivity contribution < 1.29 is 8.76 Å². The van der Waals surface area contributed by atoms with Crippen LogP contribution >= 0.6 is 0 Å². The molecule has 2 rings (SSSR count). The second-order valence-electron chi connectivity index (χ2n) is 3.16. The van der Waals surface area contributed by atoms with Crippen molar-refractivity contribution >= 4 is 21.9 Å². The zero-order valence-electron chi connectivity index (χ0n) is 7.69. The molecule has 0 aliphatic carbocycles. The number of benzene rings is 2. The van der Waals surface area contributed by atoms with Gasteiger partial charge in [-0.15, -0.1) is 0 Å². The van der Waals surface area contributed by atoms with Gasteiger partial charge in [-0.05, 0) is 40.4 Å². The molecule has 0 aliphatic rings. The molecular weight excluding hydrogens is 196 g/mol. The third kappa shape index (κ3) is 1.45. The molecule has 2 aromatic carbocycles. The van der Waals surface area contributed by atoms with Gasteiger partial charge in [0.2, 0.25) is 0 Å². The van der Waals surface area contributed by atoms with Gasteiger partial charge in [-0.1, -0.05) is 30.3 Å². The summed E-state index contributed by atoms with van der Waals surface area (Å²) in [6.07, 6.45) is 0. The van der Waals surface area contributed by atoms with E-state index in [1.54, 1.807) is 12.1 Å². The van der Waals surface area contributed by atoms with Crippen LogP contribution in [0.1, 0.15) is 5.56 Å². The highest BCUT2D eigenvalue weighted by Crippen LogP contribution is 2.23. The number of hydrogen-bond donors (Lipinski definition) is 0. The van der Waals surface area contributed by atoms with Gasteiger partial charge in [0.1, 0.15) is 0 Å². The Bertz CT molecular complexity index is 506. The Balaban J connectivity index is 2.88. The van der Waals surface area contributed by atoms with E-state index in [0.717, 1.165) is 16.3 Å². The highest BCUT2D eigenvalue weighted by atomic mass is 32.2. The Kier molecular flexibility index (Phi) is 2.35. The molecule has 14 heavy (non-hydrogen) atoms. The summed E-state index contributed by atoms with van der Waals surface area (Å²) in [4.78, 5) is 0.367. The molecule has 3 heteroatoms. The van der Waals surface area contributed by atoms with Crippen molar-refractivity contribution in [1.82, 2.24) is 0 Å². The lowest BCUT2D eigenvalue weighted by Crippen LogP contribution is -1.90. The first-order chi connectivity index (χ1) is 6.70. The summed E-state index contributed by atoms with van der Waals surface area (Å²) in [5, 5.41) is 1.79. The van der Waals surface area contributed by atoms with E-state index in [2.05, 4.69) is 0 Å². The van der Waals surface area contributed by atoms with Crippen molar-refractivity contribution in [2.24, 2.45) is 0 Å². The Morgan fingerprint density at radius 3 is 2.43 bits per heavy atom. The van der Waals surface area contributed by atoms with Gasteiger partial charge in [0.25, 0.3) is 0 Å². The lowest BCUT2D eigenvalue weighted by Gasteiger charge is -2.10. The molecule has 1 unspecified atom stereocenters. The van der Waals surface area contributed by atoms with E-state index < -0.39 is 11.1 Å². The van der Waals surface area contributed by atoms with Gasteiger partial charge in [0.15, 0.2) is 0 Å². The number of aryl methyl sites for hydroxylation is 1. The van der Waals surface area contributed by atoms with Crippen molar-refractivity contribution in [2.45, 2.75) is 11.8 Å². The molecule has 0 spiro atoms. The Labute approximate surface area is 84.9 Å². The zero-order valence-corrected chi connectivity index (χ0v) is 8.51. The van der Waals surface area contributed by atoms with Crippen LogP contribution in [0.15, 0.2) is 41.3 Å². The maximum Gasteiger partial charge on any atom is 0.0327 e. The lowest BCUT2D eigenvalue weighted by atomic mass is 10.1. The lowest BCUT2D eigenvalue weighted by molar-refractivity contribution is 0.538. The molecule has 0 saturated heterocycles. The quantitative estimate of drug-likeness (QED) is 0.670. The molecule has 0 fully saturated rings. The van der Waals surface area contributed by atoms with Crippen LogP contribution in [0.3, 0.4) is 0 Å². The van der Waals surface area contributed by atoms with Crippen molar-refractivity contribution in [1.29, 1.82) is 0 Å². The molecule has 0 amide bonds. The molecule has 1 atom stereocenters. The van der Waals surface area contributed by atoms with E-state index in [0.29, 0.717) is 4.90 Å². The van der Waals surface area contributed by atoms with Crippen molar-refractivity contribution in [3.05, 3.63) is 42.0 Å². The summed E-state index contributed by atoms with van der Waals surface area (Å²) >= 11 is -2.16. The summed E-state index contributed by atoms with van der Waals surface area (Å²) in [6, 6.07) is 11.0. The van der Waals surface area contributed by atoms with E-state index in [-0.39, 0.29) is 0 Å². The van der Waals surface area contributed by atoms with Crippen molar-refractivity contribution in [2.75, 3.05) is 0 Å². The molecule has 0 saturated carbocycles. The molecule has 0 heterocycles. The largest absolute Gasteiger partial charge is 0.768 e.